The highest BCUT2D eigenvalue weighted by Crippen LogP contribution is 2.18. The smallest absolute Gasteiger partial charge is 0.407 e. The largest absolute Gasteiger partial charge is 0.447 e. The zero-order chi connectivity index (χ0) is 10.9. The van der Waals surface area contributed by atoms with E-state index in [0.717, 1.165) is 5.56 Å². The molecule has 1 aliphatic heterocycles. The van der Waals surface area contributed by atoms with Crippen molar-refractivity contribution in [1.82, 2.24) is 5.32 Å². The van der Waals surface area contributed by atoms with Crippen LogP contribution in [0.2, 0.25) is 0 Å². The highest BCUT2D eigenvalue weighted by atomic mass is 19.1. The molecule has 1 aliphatic rings. The molecule has 0 radical (unpaired) electrons. The van der Waals surface area contributed by atoms with Gasteiger partial charge in [0.2, 0.25) is 0 Å². The van der Waals surface area contributed by atoms with Gasteiger partial charge in [-0.15, -0.1) is 0 Å². The van der Waals surface area contributed by atoms with E-state index in [2.05, 4.69) is 5.32 Å². The number of carbonyl (C=O) groups excluding carboxylic acids is 1. The monoisotopic (exact) mass is 209 g/mol. The number of carbonyl (C=O) groups is 1. The summed E-state index contributed by atoms with van der Waals surface area (Å²) in [6.45, 7) is 2.25. The molecule has 80 valence electrons. The number of hydrogen-bond donors (Lipinski definition) is 1. The van der Waals surface area contributed by atoms with Gasteiger partial charge in [0.1, 0.15) is 12.4 Å². The van der Waals surface area contributed by atoms with Crippen molar-refractivity contribution in [3.63, 3.8) is 0 Å². The number of benzene rings is 1. The van der Waals surface area contributed by atoms with E-state index in [1.165, 1.54) is 12.1 Å². The first-order valence-electron chi connectivity index (χ1n) is 4.77. The Hall–Kier alpha value is -1.58. The van der Waals surface area contributed by atoms with Crippen molar-refractivity contribution in [3.8, 4) is 0 Å². The van der Waals surface area contributed by atoms with Crippen LogP contribution in [0, 0.1) is 5.82 Å². The van der Waals surface area contributed by atoms with E-state index < -0.39 is 0 Å². The van der Waals surface area contributed by atoms with E-state index in [1.54, 1.807) is 12.1 Å². The van der Waals surface area contributed by atoms with Gasteiger partial charge in [0.15, 0.2) is 0 Å². The molecule has 1 N–H and O–H groups in total. The number of halogens is 1. The lowest BCUT2D eigenvalue weighted by Gasteiger charge is -2.20. The molecule has 1 fully saturated rings. The topological polar surface area (TPSA) is 38.3 Å². The third-order valence-electron chi connectivity index (χ3n) is 2.43. The van der Waals surface area contributed by atoms with E-state index in [9.17, 15) is 9.18 Å². The molecule has 0 bridgehead atoms. The number of cyclic esters (lactones) is 1. The molecule has 4 heteroatoms. The first-order chi connectivity index (χ1) is 7.07. The molecular formula is C11H12FNO2. The molecule has 1 amide bonds. The summed E-state index contributed by atoms with van der Waals surface area (Å²) in [4.78, 5) is 10.9. The molecule has 0 aliphatic carbocycles. The molecule has 15 heavy (non-hydrogen) atoms. The van der Waals surface area contributed by atoms with Gasteiger partial charge in [-0.2, -0.15) is 0 Å². The van der Waals surface area contributed by atoms with Crippen LogP contribution < -0.4 is 5.32 Å². The van der Waals surface area contributed by atoms with Crippen molar-refractivity contribution in [2.75, 3.05) is 6.61 Å². The van der Waals surface area contributed by atoms with Crippen LogP contribution in [0.1, 0.15) is 12.5 Å². The van der Waals surface area contributed by atoms with Crippen LogP contribution >= 0.6 is 0 Å². The second kappa shape index (κ2) is 3.53. The Morgan fingerprint density at radius 3 is 2.67 bits per heavy atom. The van der Waals surface area contributed by atoms with Crippen molar-refractivity contribution in [2.45, 2.75) is 18.9 Å². The summed E-state index contributed by atoms with van der Waals surface area (Å²) in [5.41, 5.74) is 0.597. The summed E-state index contributed by atoms with van der Waals surface area (Å²) in [6, 6.07) is 6.25. The number of hydrogen-bond acceptors (Lipinski definition) is 2. The predicted molar refractivity (Wildman–Crippen MR) is 53.0 cm³/mol. The fraction of sp³-hybridized carbons (Fsp3) is 0.364. The standard InChI is InChI=1S/C11H12FNO2/c1-11(7-15-10(14)13-11)6-8-2-4-9(12)5-3-8/h2-5H,6-7H2,1H3,(H,13,14). The second-order valence-electron chi connectivity index (χ2n) is 4.07. The van der Waals surface area contributed by atoms with Gasteiger partial charge in [0, 0.05) is 0 Å². The average Bonchev–Trinajstić information content (AvgIpc) is 2.50. The summed E-state index contributed by atoms with van der Waals surface area (Å²) in [5.74, 6) is -0.254. The van der Waals surface area contributed by atoms with E-state index in [0.29, 0.717) is 13.0 Å². The summed E-state index contributed by atoms with van der Waals surface area (Å²) >= 11 is 0. The van der Waals surface area contributed by atoms with E-state index >= 15 is 0 Å². The molecule has 1 heterocycles. The molecule has 2 rings (SSSR count). The Morgan fingerprint density at radius 2 is 2.13 bits per heavy atom. The zero-order valence-electron chi connectivity index (χ0n) is 8.42. The highest BCUT2D eigenvalue weighted by Gasteiger charge is 2.34. The van der Waals surface area contributed by atoms with Gasteiger partial charge < -0.3 is 10.1 Å². The van der Waals surface area contributed by atoms with Gasteiger partial charge >= 0.3 is 6.09 Å². The van der Waals surface area contributed by atoms with Gasteiger partial charge in [-0.25, -0.2) is 9.18 Å². The van der Waals surface area contributed by atoms with Crippen molar-refractivity contribution in [3.05, 3.63) is 35.6 Å². The van der Waals surface area contributed by atoms with Crippen LogP contribution in [-0.2, 0) is 11.2 Å². The quantitative estimate of drug-likeness (QED) is 0.807. The van der Waals surface area contributed by atoms with Crippen LogP contribution in [0.4, 0.5) is 9.18 Å². The normalized spacial score (nSPS) is 24.8. The van der Waals surface area contributed by atoms with Crippen LogP contribution in [0.5, 0.6) is 0 Å². The van der Waals surface area contributed by atoms with Gasteiger partial charge in [-0.3, -0.25) is 0 Å². The van der Waals surface area contributed by atoms with Crippen molar-refractivity contribution in [1.29, 1.82) is 0 Å². The number of ether oxygens (including phenoxy) is 1. The lowest BCUT2D eigenvalue weighted by Crippen LogP contribution is -2.42. The van der Waals surface area contributed by atoms with Crippen molar-refractivity contribution < 1.29 is 13.9 Å². The van der Waals surface area contributed by atoms with Crippen LogP contribution in [0.15, 0.2) is 24.3 Å². The number of rotatable bonds is 2. The van der Waals surface area contributed by atoms with Crippen molar-refractivity contribution >= 4 is 6.09 Å². The maximum atomic E-state index is 12.7. The average molecular weight is 209 g/mol. The molecular weight excluding hydrogens is 197 g/mol. The fourth-order valence-electron chi connectivity index (χ4n) is 1.69. The Morgan fingerprint density at radius 1 is 1.47 bits per heavy atom. The zero-order valence-corrected chi connectivity index (χ0v) is 8.42. The Bertz CT molecular complexity index is 377. The number of alkyl carbamates (subject to hydrolysis) is 1. The predicted octanol–water partition coefficient (Wildman–Crippen LogP) is 1.87. The molecule has 0 aromatic heterocycles. The first kappa shape index (κ1) is 9.96. The summed E-state index contributed by atoms with van der Waals surface area (Å²) < 4.78 is 17.5. The van der Waals surface area contributed by atoms with Gasteiger partial charge in [-0.05, 0) is 31.0 Å². The highest BCUT2D eigenvalue weighted by molar-refractivity contribution is 5.70. The molecule has 1 atom stereocenters. The van der Waals surface area contributed by atoms with Gasteiger partial charge in [0.05, 0.1) is 5.54 Å². The molecule has 1 aromatic carbocycles. The SMILES string of the molecule is CC1(Cc2ccc(F)cc2)COC(=O)N1. The molecule has 0 saturated carbocycles. The second-order valence-corrected chi connectivity index (χ2v) is 4.07. The number of nitrogens with one attached hydrogen (secondary N) is 1. The third-order valence-corrected chi connectivity index (χ3v) is 2.43. The fourth-order valence-corrected chi connectivity index (χ4v) is 1.69. The molecule has 1 aromatic rings. The lowest BCUT2D eigenvalue weighted by molar-refractivity contribution is 0.173. The molecule has 1 saturated heterocycles. The maximum absolute atomic E-state index is 12.7. The summed E-state index contributed by atoms with van der Waals surface area (Å²) in [7, 11) is 0. The Balaban J connectivity index is 2.08. The van der Waals surface area contributed by atoms with Crippen molar-refractivity contribution in [2.24, 2.45) is 0 Å². The summed E-state index contributed by atoms with van der Waals surface area (Å²) in [6.07, 6.45) is 0.249. The number of amides is 1. The Labute approximate surface area is 87.2 Å². The minimum absolute atomic E-state index is 0.254. The van der Waals surface area contributed by atoms with E-state index in [4.69, 9.17) is 4.74 Å². The molecule has 3 nitrogen and oxygen atoms in total. The van der Waals surface area contributed by atoms with E-state index in [1.807, 2.05) is 6.92 Å². The summed E-state index contributed by atoms with van der Waals surface area (Å²) in [5, 5.41) is 2.74. The first-order valence-corrected chi connectivity index (χ1v) is 4.77. The van der Waals surface area contributed by atoms with Crippen LogP contribution in [0.3, 0.4) is 0 Å². The van der Waals surface area contributed by atoms with Gasteiger partial charge in [0.25, 0.3) is 0 Å². The van der Waals surface area contributed by atoms with Crippen LogP contribution in [-0.4, -0.2) is 18.2 Å². The Kier molecular flexibility index (Phi) is 2.34. The van der Waals surface area contributed by atoms with Gasteiger partial charge in [-0.1, -0.05) is 12.1 Å². The minimum atomic E-state index is -0.389. The molecule has 0 spiro atoms. The molecule has 1 unspecified atom stereocenters. The van der Waals surface area contributed by atoms with Crippen LogP contribution in [0.25, 0.3) is 0 Å². The van der Waals surface area contributed by atoms with E-state index in [-0.39, 0.29) is 17.4 Å². The third kappa shape index (κ3) is 2.26. The lowest BCUT2D eigenvalue weighted by atomic mass is 9.94. The minimum Gasteiger partial charge on any atom is -0.447 e. The maximum Gasteiger partial charge on any atom is 0.407 e.